The van der Waals surface area contributed by atoms with Gasteiger partial charge in [0, 0.05) is 12.7 Å². The summed E-state index contributed by atoms with van der Waals surface area (Å²) in [6.45, 7) is 5.83. The summed E-state index contributed by atoms with van der Waals surface area (Å²) in [6, 6.07) is 0. The van der Waals surface area contributed by atoms with Crippen molar-refractivity contribution in [3.05, 3.63) is 23.4 Å². The average molecular weight is 260 g/mol. The molecule has 4 nitrogen and oxygen atoms in total. The quantitative estimate of drug-likeness (QED) is 0.788. The number of nitrogens with zero attached hydrogens (tertiary/aromatic N) is 1. The van der Waals surface area contributed by atoms with E-state index in [9.17, 15) is 9.90 Å². The maximum atomic E-state index is 11.5. The Kier molecular flexibility index (Phi) is 4.60. The van der Waals surface area contributed by atoms with Gasteiger partial charge in [0.2, 0.25) is 0 Å². The lowest BCUT2D eigenvalue weighted by Crippen LogP contribution is -2.34. The first-order valence-electron chi connectivity index (χ1n) is 5.49. The van der Waals surface area contributed by atoms with E-state index in [1.54, 1.807) is 23.3 Å². The van der Waals surface area contributed by atoms with Crippen LogP contribution in [-0.2, 0) is 9.53 Å². The molecular weight excluding hydrogens is 242 g/mol. The van der Waals surface area contributed by atoms with Crippen molar-refractivity contribution in [1.82, 2.24) is 4.90 Å². The summed E-state index contributed by atoms with van der Waals surface area (Å²) < 4.78 is 5.17. The SMILES string of the molecule is CC(C)(C)OC(=O)CCN1C=C(Cl)C=CC1O. The van der Waals surface area contributed by atoms with Crippen molar-refractivity contribution in [1.29, 1.82) is 0 Å². The fourth-order valence-corrected chi connectivity index (χ4v) is 1.57. The third-order valence-corrected chi connectivity index (χ3v) is 2.27. The molecule has 0 radical (unpaired) electrons. The van der Waals surface area contributed by atoms with E-state index in [0.29, 0.717) is 11.6 Å². The van der Waals surface area contributed by atoms with Crippen LogP contribution < -0.4 is 0 Å². The van der Waals surface area contributed by atoms with Crippen molar-refractivity contribution in [2.24, 2.45) is 0 Å². The van der Waals surface area contributed by atoms with Gasteiger partial charge in [-0.05, 0) is 32.9 Å². The Morgan fingerprint density at radius 1 is 1.59 bits per heavy atom. The number of esters is 1. The van der Waals surface area contributed by atoms with Crippen LogP contribution >= 0.6 is 11.6 Å². The fraction of sp³-hybridized carbons (Fsp3) is 0.583. The summed E-state index contributed by atoms with van der Waals surface area (Å²) in [6.07, 6.45) is 4.27. The van der Waals surface area contributed by atoms with Gasteiger partial charge in [-0.1, -0.05) is 11.6 Å². The molecule has 1 N–H and O–H groups in total. The predicted molar refractivity (Wildman–Crippen MR) is 66.3 cm³/mol. The highest BCUT2D eigenvalue weighted by atomic mass is 35.5. The van der Waals surface area contributed by atoms with Gasteiger partial charge in [-0.3, -0.25) is 4.79 Å². The van der Waals surface area contributed by atoms with Crippen molar-refractivity contribution in [3.63, 3.8) is 0 Å². The van der Waals surface area contributed by atoms with Crippen LogP contribution in [0.3, 0.4) is 0 Å². The van der Waals surface area contributed by atoms with Gasteiger partial charge in [0.25, 0.3) is 0 Å². The predicted octanol–water partition coefficient (Wildman–Crippen LogP) is 1.99. The Hall–Kier alpha value is -1.00. The monoisotopic (exact) mass is 259 g/mol. The number of carbonyl (C=O) groups is 1. The summed E-state index contributed by atoms with van der Waals surface area (Å²) in [5.41, 5.74) is -0.481. The number of carbonyl (C=O) groups excluding carboxylic acids is 1. The average Bonchev–Trinajstić information content (AvgIpc) is 2.17. The number of allylic oxidation sites excluding steroid dienone is 2. The van der Waals surface area contributed by atoms with E-state index in [1.165, 1.54) is 0 Å². The Morgan fingerprint density at radius 3 is 2.82 bits per heavy atom. The number of ether oxygens (including phenoxy) is 1. The maximum Gasteiger partial charge on any atom is 0.308 e. The highest BCUT2D eigenvalue weighted by Crippen LogP contribution is 2.16. The smallest absolute Gasteiger partial charge is 0.308 e. The number of aliphatic hydroxyl groups is 1. The van der Waals surface area contributed by atoms with Crippen molar-refractivity contribution < 1.29 is 14.6 Å². The lowest BCUT2D eigenvalue weighted by Gasteiger charge is -2.27. The Labute approximate surface area is 107 Å². The number of hydrogen-bond donors (Lipinski definition) is 1. The second-order valence-corrected chi connectivity index (χ2v) is 5.30. The zero-order valence-corrected chi connectivity index (χ0v) is 11.1. The van der Waals surface area contributed by atoms with Gasteiger partial charge < -0.3 is 14.7 Å². The summed E-state index contributed by atoms with van der Waals surface area (Å²) in [5.74, 6) is -0.288. The lowest BCUT2D eigenvalue weighted by molar-refractivity contribution is -0.155. The molecule has 1 atom stereocenters. The molecule has 17 heavy (non-hydrogen) atoms. The van der Waals surface area contributed by atoms with Gasteiger partial charge in [0.1, 0.15) is 11.8 Å². The van der Waals surface area contributed by atoms with Crippen LogP contribution in [-0.4, -0.2) is 34.3 Å². The number of aliphatic hydroxyl groups excluding tert-OH is 1. The summed E-state index contributed by atoms with van der Waals surface area (Å²) in [4.78, 5) is 13.1. The third-order valence-electron chi connectivity index (χ3n) is 2.05. The third kappa shape index (κ3) is 5.24. The highest BCUT2D eigenvalue weighted by molar-refractivity contribution is 6.31. The topological polar surface area (TPSA) is 49.8 Å². The van der Waals surface area contributed by atoms with Crippen molar-refractivity contribution in [2.75, 3.05) is 6.54 Å². The van der Waals surface area contributed by atoms with E-state index in [0.717, 1.165) is 0 Å². The Morgan fingerprint density at radius 2 is 2.24 bits per heavy atom. The first kappa shape index (κ1) is 14.1. The van der Waals surface area contributed by atoms with Gasteiger partial charge >= 0.3 is 5.97 Å². The number of rotatable bonds is 3. The molecule has 1 aliphatic rings. The minimum atomic E-state index is -0.736. The van der Waals surface area contributed by atoms with Crippen LogP contribution in [0, 0.1) is 0 Å². The molecule has 5 heteroatoms. The van der Waals surface area contributed by atoms with Crippen molar-refractivity contribution in [3.8, 4) is 0 Å². The van der Waals surface area contributed by atoms with Crippen LogP contribution in [0.2, 0.25) is 0 Å². The second kappa shape index (κ2) is 5.56. The fourth-order valence-electron chi connectivity index (χ4n) is 1.38. The first-order chi connectivity index (χ1) is 7.78. The Balaban J connectivity index is 2.41. The molecular formula is C12H18ClNO3. The van der Waals surface area contributed by atoms with Gasteiger partial charge in [-0.25, -0.2) is 0 Å². The van der Waals surface area contributed by atoms with E-state index >= 15 is 0 Å². The van der Waals surface area contributed by atoms with E-state index in [-0.39, 0.29) is 12.4 Å². The maximum absolute atomic E-state index is 11.5. The molecule has 0 aromatic rings. The minimum Gasteiger partial charge on any atom is -0.460 e. The molecule has 0 saturated carbocycles. The standard InChI is InChI=1S/C12H18ClNO3/c1-12(2,3)17-11(16)6-7-14-8-9(13)4-5-10(14)15/h4-5,8,10,15H,6-7H2,1-3H3. The second-order valence-electron chi connectivity index (χ2n) is 4.86. The molecule has 0 saturated heterocycles. The summed E-state index contributed by atoms with van der Waals surface area (Å²) in [7, 11) is 0. The van der Waals surface area contributed by atoms with Crippen molar-refractivity contribution in [2.45, 2.75) is 39.0 Å². The van der Waals surface area contributed by atoms with E-state index in [1.807, 2.05) is 20.8 Å². The van der Waals surface area contributed by atoms with Crippen LogP contribution in [0.5, 0.6) is 0 Å². The van der Waals surface area contributed by atoms with Gasteiger partial charge in [0.05, 0.1) is 11.5 Å². The van der Waals surface area contributed by atoms with Crippen LogP contribution in [0.25, 0.3) is 0 Å². The molecule has 0 aromatic heterocycles. The summed E-state index contributed by atoms with van der Waals surface area (Å²) >= 11 is 5.80. The minimum absolute atomic E-state index is 0.211. The van der Waals surface area contributed by atoms with Crippen molar-refractivity contribution >= 4 is 17.6 Å². The van der Waals surface area contributed by atoms with Crippen LogP contribution in [0.4, 0.5) is 0 Å². The molecule has 96 valence electrons. The zero-order chi connectivity index (χ0) is 13.1. The first-order valence-corrected chi connectivity index (χ1v) is 5.87. The largest absolute Gasteiger partial charge is 0.460 e. The molecule has 0 fully saturated rings. The highest BCUT2D eigenvalue weighted by Gasteiger charge is 2.19. The number of hydrogen-bond acceptors (Lipinski definition) is 4. The molecule has 1 heterocycles. The molecule has 0 bridgehead atoms. The summed E-state index contributed by atoms with van der Waals surface area (Å²) in [5, 5.41) is 10.1. The molecule has 1 rings (SSSR count). The van der Waals surface area contributed by atoms with E-state index in [4.69, 9.17) is 16.3 Å². The van der Waals surface area contributed by atoms with Gasteiger partial charge in [-0.2, -0.15) is 0 Å². The van der Waals surface area contributed by atoms with E-state index < -0.39 is 11.8 Å². The molecule has 1 unspecified atom stereocenters. The lowest BCUT2D eigenvalue weighted by atomic mass is 10.2. The van der Waals surface area contributed by atoms with Gasteiger partial charge in [-0.15, -0.1) is 0 Å². The van der Waals surface area contributed by atoms with Crippen LogP contribution in [0.15, 0.2) is 23.4 Å². The van der Waals surface area contributed by atoms with E-state index in [2.05, 4.69) is 0 Å². The van der Waals surface area contributed by atoms with Gasteiger partial charge in [0.15, 0.2) is 0 Å². The zero-order valence-electron chi connectivity index (χ0n) is 10.3. The normalized spacial score (nSPS) is 20.2. The molecule has 0 spiro atoms. The van der Waals surface area contributed by atoms with Crippen LogP contribution in [0.1, 0.15) is 27.2 Å². The molecule has 0 amide bonds. The molecule has 1 aliphatic heterocycles. The molecule has 0 aromatic carbocycles. The molecule has 0 aliphatic carbocycles. The Bertz CT molecular complexity index is 344. The number of halogens is 1.